The van der Waals surface area contributed by atoms with E-state index in [1.807, 2.05) is 19.9 Å². The molecule has 0 bridgehead atoms. The fourth-order valence-electron chi connectivity index (χ4n) is 3.26. The summed E-state index contributed by atoms with van der Waals surface area (Å²) in [5.74, 6) is 0.487. The Morgan fingerprint density at radius 1 is 1.21 bits per heavy atom. The summed E-state index contributed by atoms with van der Waals surface area (Å²) in [6.07, 6.45) is 8.11. The fourth-order valence-corrected chi connectivity index (χ4v) is 3.26. The van der Waals surface area contributed by atoms with E-state index in [9.17, 15) is 10.1 Å². The lowest BCUT2D eigenvalue weighted by atomic mass is 10.1. The van der Waals surface area contributed by atoms with Gasteiger partial charge in [-0.25, -0.2) is 14.6 Å². The second-order valence-corrected chi connectivity index (χ2v) is 6.32. The lowest BCUT2D eigenvalue weighted by molar-refractivity contribution is -0.384. The highest BCUT2D eigenvalue weighted by molar-refractivity contribution is 5.64. The first-order valence-corrected chi connectivity index (χ1v) is 8.36. The highest BCUT2D eigenvalue weighted by atomic mass is 16.6. The van der Waals surface area contributed by atoms with Gasteiger partial charge in [0.1, 0.15) is 6.33 Å². The van der Waals surface area contributed by atoms with Crippen LogP contribution in [0.5, 0.6) is 0 Å². The standard InChI is InChI=1S/C16H22N6O2/c1-11-9-12(2)21(20-11)16-14(22(23)24)15(17-10-18-16)19-13-7-5-3-4-6-8-13/h9-10,13H,3-8H2,1-2H3,(H,17,18,19). The molecule has 0 spiro atoms. The number of aryl methyl sites for hydroxylation is 2. The molecule has 1 fully saturated rings. The number of aromatic nitrogens is 4. The molecule has 8 nitrogen and oxygen atoms in total. The first-order valence-electron chi connectivity index (χ1n) is 8.36. The number of nitro groups is 1. The van der Waals surface area contributed by atoms with Crippen molar-refractivity contribution >= 4 is 11.5 Å². The van der Waals surface area contributed by atoms with Crippen LogP contribution in [0.1, 0.15) is 49.9 Å². The summed E-state index contributed by atoms with van der Waals surface area (Å²) in [5.41, 5.74) is 1.47. The number of rotatable bonds is 4. The van der Waals surface area contributed by atoms with Gasteiger partial charge in [0.05, 0.1) is 10.6 Å². The van der Waals surface area contributed by atoms with E-state index in [0.717, 1.165) is 37.1 Å². The Morgan fingerprint density at radius 3 is 2.50 bits per heavy atom. The smallest absolute Gasteiger partial charge is 0.355 e. The number of nitrogens with zero attached hydrogens (tertiary/aromatic N) is 5. The zero-order chi connectivity index (χ0) is 17.1. The number of hydrogen-bond acceptors (Lipinski definition) is 6. The minimum absolute atomic E-state index is 0.118. The van der Waals surface area contributed by atoms with Crippen molar-refractivity contribution in [1.29, 1.82) is 0 Å². The van der Waals surface area contributed by atoms with E-state index in [4.69, 9.17) is 0 Å². The Morgan fingerprint density at radius 2 is 1.92 bits per heavy atom. The van der Waals surface area contributed by atoms with Gasteiger partial charge >= 0.3 is 5.69 Å². The minimum atomic E-state index is -0.426. The topological polar surface area (TPSA) is 98.8 Å². The SMILES string of the molecule is Cc1cc(C)n(-c2ncnc(NC3CCCCCC3)c2[N+](=O)[O-])n1. The quantitative estimate of drug-likeness (QED) is 0.524. The Kier molecular flexibility index (Phi) is 4.73. The summed E-state index contributed by atoms with van der Waals surface area (Å²) in [5, 5.41) is 19.3. The van der Waals surface area contributed by atoms with Gasteiger partial charge in [-0.05, 0) is 32.8 Å². The van der Waals surface area contributed by atoms with Gasteiger partial charge in [-0.3, -0.25) is 10.1 Å². The van der Waals surface area contributed by atoms with Gasteiger partial charge in [-0.15, -0.1) is 0 Å². The Balaban J connectivity index is 1.99. The van der Waals surface area contributed by atoms with Crippen LogP contribution in [0.15, 0.2) is 12.4 Å². The summed E-state index contributed by atoms with van der Waals surface area (Å²) in [6, 6.07) is 2.08. The Labute approximate surface area is 140 Å². The summed E-state index contributed by atoms with van der Waals surface area (Å²) in [7, 11) is 0. The van der Waals surface area contributed by atoms with Gasteiger partial charge < -0.3 is 5.32 Å². The highest BCUT2D eigenvalue weighted by Crippen LogP contribution is 2.30. The Hall–Kier alpha value is -2.51. The van der Waals surface area contributed by atoms with Crippen LogP contribution in [-0.4, -0.2) is 30.7 Å². The van der Waals surface area contributed by atoms with Gasteiger partial charge in [-0.1, -0.05) is 25.7 Å². The number of hydrogen-bond donors (Lipinski definition) is 1. The molecule has 3 rings (SSSR count). The molecule has 0 atom stereocenters. The maximum Gasteiger partial charge on any atom is 0.355 e. The minimum Gasteiger partial charge on any atom is -0.361 e. The predicted octanol–water partition coefficient (Wildman–Crippen LogP) is 3.32. The average molecular weight is 330 g/mol. The van der Waals surface area contributed by atoms with Crippen molar-refractivity contribution in [2.75, 3.05) is 5.32 Å². The molecule has 2 aromatic heterocycles. The molecule has 128 valence electrons. The average Bonchev–Trinajstić information content (AvgIpc) is 2.74. The first kappa shape index (κ1) is 16.4. The molecule has 1 aliphatic carbocycles. The first-order chi connectivity index (χ1) is 11.6. The van der Waals surface area contributed by atoms with Crippen molar-refractivity contribution in [3.63, 3.8) is 0 Å². The van der Waals surface area contributed by atoms with Crippen LogP contribution in [0.4, 0.5) is 11.5 Å². The van der Waals surface area contributed by atoms with Crippen molar-refractivity contribution in [3.05, 3.63) is 33.9 Å². The molecule has 8 heteroatoms. The van der Waals surface area contributed by atoms with Gasteiger partial charge in [0.25, 0.3) is 0 Å². The summed E-state index contributed by atoms with van der Waals surface area (Å²) < 4.78 is 1.51. The van der Waals surface area contributed by atoms with Crippen LogP contribution in [0.25, 0.3) is 5.82 Å². The van der Waals surface area contributed by atoms with Gasteiger partial charge in [0.2, 0.25) is 11.6 Å². The normalized spacial score (nSPS) is 15.9. The molecular formula is C16H22N6O2. The summed E-state index contributed by atoms with van der Waals surface area (Å²) in [6.45, 7) is 3.70. The van der Waals surface area contributed by atoms with Crippen molar-refractivity contribution < 1.29 is 4.92 Å². The molecule has 1 N–H and O–H groups in total. The third-order valence-electron chi connectivity index (χ3n) is 4.39. The molecule has 1 saturated carbocycles. The summed E-state index contributed by atoms with van der Waals surface area (Å²) >= 11 is 0. The highest BCUT2D eigenvalue weighted by Gasteiger charge is 2.27. The molecule has 24 heavy (non-hydrogen) atoms. The Bertz CT molecular complexity index is 734. The van der Waals surface area contributed by atoms with Crippen LogP contribution in [0.2, 0.25) is 0 Å². The summed E-state index contributed by atoms with van der Waals surface area (Å²) in [4.78, 5) is 19.5. The van der Waals surface area contributed by atoms with Crippen molar-refractivity contribution in [1.82, 2.24) is 19.7 Å². The van der Waals surface area contributed by atoms with Crippen LogP contribution in [0, 0.1) is 24.0 Å². The molecule has 0 unspecified atom stereocenters. The van der Waals surface area contributed by atoms with E-state index in [-0.39, 0.29) is 23.4 Å². The van der Waals surface area contributed by atoms with E-state index in [2.05, 4.69) is 20.4 Å². The monoisotopic (exact) mass is 330 g/mol. The van der Waals surface area contributed by atoms with Crippen LogP contribution >= 0.6 is 0 Å². The molecule has 1 aliphatic rings. The van der Waals surface area contributed by atoms with Crippen molar-refractivity contribution in [2.45, 2.75) is 58.4 Å². The third kappa shape index (κ3) is 3.37. The van der Waals surface area contributed by atoms with E-state index >= 15 is 0 Å². The maximum absolute atomic E-state index is 11.7. The largest absolute Gasteiger partial charge is 0.361 e. The van der Waals surface area contributed by atoms with Gasteiger partial charge in [0.15, 0.2) is 0 Å². The van der Waals surface area contributed by atoms with E-state index in [0.29, 0.717) is 0 Å². The number of anilines is 1. The second kappa shape index (κ2) is 6.94. The number of nitrogens with one attached hydrogen (secondary N) is 1. The predicted molar refractivity (Wildman–Crippen MR) is 90.4 cm³/mol. The van der Waals surface area contributed by atoms with Crippen LogP contribution in [-0.2, 0) is 0 Å². The van der Waals surface area contributed by atoms with Crippen LogP contribution in [0.3, 0.4) is 0 Å². The fraction of sp³-hybridized carbons (Fsp3) is 0.562. The maximum atomic E-state index is 11.7. The molecular weight excluding hydrogens is 308 g/mol. The van der Waals surface area contributed by atoms with Gasteiger partial charge in [0, 0.05) is 11.7 Å². The van der Waals surface area contributed by atoms with E-state index in [1.165, 1.54) is 23.9 Å². The van der Waals surface area contributed by atoms with E-state index in [1.54, 1.807) is 0 Å². The lowest BCUT2D eigenvalue weighted by Crippen LogP contribution is -2.21. The molecule has 0 aliphatic heterocycles. The molecule has 0 radical (unpaired) electrons. The van der Waals surface area contributed by atoms with Crippen molar-refractivity contribution in [3.8, 4) is 5.82 Å². The van der Waals surface area contributed by atoms with E-state index < -0.39 is 4.92 Å². The third-order valence-corrected chi connectivity index (χ3v) is 4.39. The van der Waals surface area contributed by atoms with Crippen LogP contribution < -0.4 is 5.32 Å². The molecule has 0 amide bonds. The van der Waals surface area contributed by atoms with Crippen molar-refractivity contribution in [2.24, 2.45) is 0 Å². The molecule has 0 aromatic carbocycles. The zero-order valence-electron chi connectivity index (χ0n) is 14.0. The molecule has 0 saturated heterocycles. The lowest BCUT2D eigenvalue weighted by Gasteiger charge is -2.17. The van der Waals surface area contributed by atoms with Gasteiger partial charge in [-0.2, -0.15) is 5.10 Å². The second-order valence-electron chi connectivity index (χ2n) is 6.32. The molecule has 2 aromatic rings. The zero-order valence-corrected chi connectivity index (χ0v) is 14.0. The molecule has 2 heterocycles.